The average Bonchev–Trinajstić information content (AvgIpc) is 2.01. The number of carbonyl (C=O) groups excluding carboxylic acids is 1. The summed E-state index contributed by atoms with van der Waals surface area (Å²) in [4.78, 5) is 20.9. The number of aliphatic carboxylic acids is 1. The largest absolute Gasteiger partial charge is 0.480 e. The van der Waals surface area contributed by atoms with Crippen molar-refractivity contribution in [3.8, 4) is 0 Å². The van der Waals surface area contributed by atoms with Gasteiger partial charge in [0.2, 0.25) is 0 Å². The first-order chi connectivity index (χ1) is 6.06. The summed E-state index contributed by atoms with van der Waals surface area (Å²) in [5.41, 5.74) is 0.473. The number of allylic oxidation sites excluding steroid dienone is 1. The van der Waals surface area contributed by atoms with Gasteiger partial charge >= 0.3 is 11.9 Å². The Morgan fingerprint density at radius 3 is 2.62 bits per heavy atom. The van der Waals surface area contributed by atoms with Crippen LogP contribution >= 0.6 is 0 Å². The van der Waals surface area contributed by atoms with E-state index in [0.717, 1.165) is 0 Å². The van der Waals surface area contributed by atoms with E-state index < -0.39 is 11.9 Å². The summed E-state index contributed by atoms with van der Waals surface area (Å²) < 4.78 is 4.62. The lowest BCUT2D eigenvalue weighted by atomic mass is 10.4. The smallest absolute Gasteiger partial charge is 0.332 e. The van der Waals surface area contributed by atoms with Crippen LogP contribution in [-0.2, 0) is 14.3 Å². The SMILES string of the molecule is CCOC(=O)/C=C(/C)NCC(=O)O. The second-order valence-corrected chi connectivity index (χ2v) is 2.33. The Morgan fingerprint density at radius 1 is 1.54 bits per heavy atom. The molecule has 0 aromatic carbocycles. The van der Waals surface area contributed by atoms with Crippen LogP contribution in [-0.4, -0.2) is 30.2 Å². The van der Waals surface area contributed by atoms with Crippen LogP contribution in [0.1, 0.15) is 13.8 Å². The number of ether oxygens (including phenoxy) is 1. The molecule has 0 bridgehead atoms. The minimum atomic E-state index is -0.975. The number of hydrogen-bond donors (Lipinski definition) is 2. The number of rotatable bonds is 5. The summed E-state index contributed by atoms with van der Waals surface area (Å²) in [5, 5.41) is 10.8. The van der Waals surface area contributed by atoms with Gasteiger partial charge in [-0.2, -0.15) is 0 Å². The van der Waals surface area contributed by atoms with Crippen LogP contribution in [0.2, 0.25) is 0 Å². The molecule has 0 saturated heterocycles. The predicted octanol–water partition coefficient (Wildman–Crippen LogP) is 0.128. The van der Waals surface area contributed by atoms with E-state index in [-0.39, 0.29) is 6.54 Å². The molecule has 5 heteroatoms. The number of hydrogen-bond acceptors (Lipinski definition) is 4. The van der Waals surface area contributed by atoms with Gasteiger partial charge in [0.25, 0.3) is 0 Å². The lowest BCUT2D eigenvalue weighted by Gasteiger charge is -2.02. The highest BCUT2D eigenvalue weighted by molar-refractivity contribution is 5.82. The molecule has 0 fully saturated rings. The summed E-state index contributed by atoms with van der Waals surface area (Å²) in [5.74, 6) is -1.45. The number of carboxylic acid groups (broad SMARTS) is 1. The van der Waals surface area contributed by atoms with Gasteiger partial charge in [0.1, 0.15) is 6.54 Å². The summed E-state index contributed by atoms with van der Waals surface area (Å²) in [6.45, 7) is 3.40. The third-order valence-electron chi connectivity index (χ3n) is 1.14. The van der Waals surface area contributed by atoms with E-state index in [9.17, 15) is 9.59 Å². The molecule has 0 amide bonds. The molecule has 0 atom stereocenters. The number of carbonyl (C=O) groups is 2. The van der Waals surface area contributed by atoms with Crippen molar-refractivity contribution < 1.29 is 19.4 Å². The Balaban J connectivity index is 3.87. The van der Waals surface area contributed by atoms with E-state index in [0.29, 0.717) is 12.3 Å². The van der Waals surface area contributed by atoms with Gasteiger partial charge in [-0.1, -0.05) is 0 Å². The van der Waals surface area contributed by atoms with E-state index in [4.69, 9.17) is 5.11 Å². The summed E-state index contributed by atoms with van der Waals surface area (Å²) in [7, 11) is 0. The molecular weight excluding hydrogens is 174 g/mol. The Hall–Kier alpha value is -1.52. The van der Waals surface area contributed by atoms with Crippen LogP contribution in [0.15, 0.2) is 11.8 Å². The normalized spacial score (nSPS) is 10.8. The summed E-state index contributed by atoms with van der Waals surface area (Å²) in [6, 6.07) is 0. The number of esters is 1. The maximum Gasteiger partial charge on any atom is 0.332 e. The van der Waals surface area contributed by atoms with Gasteiger partial charge in [-0.15, -0.1) is 0 Å². The molecule has 0 spiro atoms. The van der Waals surface area contributed by atoms with Crippen LogP contribution in [0.4, 0.5) is 0 Å². The van der Waals surface area contributed by atoms with Crippen molar-refractivity contribution in [3.63, 3.8) is 0 Å². The molecule has 74 valence electrons. The van der Waals surface area contributed by atoms with Crippen molar-refractivity contribution in [2.45, 2.75) is 13.8 Å². The summed E-state index contributed by atoms with van der Waals surface area (Å²) >= 11 is 0. The average molecular weight is 187 g/mol. The lowest BCUT2D eigenvalue weighted by molar-refractivity contribution is -0.138. The van der Waals surface area contributed by atoms with Crippen molar-refractivity contribution in [2.24, 2.45) is 0 Å². The number of nitrogens with one attached hydrogen (secondary N) is 1. The molecule has 0 aliphatic rings. The molecule has 0 rings (SSSR count). The fraction of sp³-hybridized carbons (Fsp3) is 0.500. The van der Waals surface area contributed by atoms with Gasteiger partial charge in [-0.05, 0) is 13.8 Å². The van der Waals surface area contributed by atoms with Crippen LogP contribution in [0.3, 0.4) is 0 Å². The zero-order valence-corrected chi connectivity index (χ0v) is 7.66. The van der Waals surface area contributed by atoms with Gasteiger partial charge in [-0.25, -0.2) is 4.79 Å². The standard InChI is InChI=1S/C8H13NO4/c1-3-13-8(12)4-6(2)9-5-7(10)11/h4,9H,3,5H2,1-2H3,(H,10,11)/b6-4-. The lowest BCUT2D eigenvalue weighted by Crippen LogP contribution is -2.21. The zero-order valence-electron chi connectivity index (χ0n) is 7.66. The van der Waals surface area contributed by atoms with E-state index >= 15 is 0 Å². The maximum atomic E-state index is 10.8. The second kappa shape index (κ2) is 6.05. The molecule has 0 aromatic heterocycles. The minimum absolute atomic E-state index is 0.207. The Labute approximate surface area is 76.4 Å². The molecule has 2 N–H and O–H groups in total. The molecule has 0 radical (unpaired) electrons. The van der Waals surface area contributed by atoms with E-state index in [1.165, 1.54) is 6.08 Å². The molecule has 0 aromatic rings. The van der Waals surface area contributed by atoms with Gasteiger partial charge in [0, 0.05) is 11.8 Å². The highest BCUT2D eigenvalue weighted by Crippen LogP contribution is 1.88. The summed E-state index contributed by atoms with van der Waals surface area (Å²) in [6.07, 6.45) is 1.21. The van der Waals surface area contributed by atoms with Crippen molar-refractivity contribution in [1.82, 2.24) is 5.32 Å². The highest BCUT2D eigenvalue weighted by Gasteiger charge is 1.99. The molecule has 0 aliphatic heterocycles. The van der Waals surface area contributed by atoms with Crippen molar-refractivity contribution in [1.29, 1.82) is 0 Å². The minimum Gasteiger partial charge on any atom is -0.480 e. The first-order valence-corrected chi connectivity index (χ1v) is 3.87. The van der Waals surface area contributed by atoms with Crippen LogP contribution in [0, 0.1) is 0 Å². The van der Waals surface area contributed by atoms with Gasteiger partial charge in [0.05, 0.1) is 6.61 Å². The van der Waals surface area contributed by atoms with Crippen LogP contribution < -0.4 is 5.32 Å². The van der Waals surface area contributed by atoms with E-state index in [1.807, 2.05) is 0 Å². The molecule has 5 nitrogen and oxygen atoms in total. The van der Waals surface area contributed by atoms with Crippen LogP contribution in [0.25, 0.3) is 0 Å². The third kappa shape index (κ3) is 6.86. The molecule has 0 aliphatic carbocycles. The molecule has 0 heterocycles. The topological polar surface area (TPSA) is 75.6 Å². The third-order valence-corrected chi connectivity index (χ3v) is 1.14. The van der Waals surface area contributed by atoms with Crippen molar-refractivity contribution in [3.05, 3.63) is 11.8 Å². The molecule has 0 saturated carbocycles. The quantitative estimate of drug-likeness (QED) is 0.472. The Morgan fingerprint density at radius 2 is 2.15 bits per heavy atom. The predicted molar refractivity (Wildman–Crippen MR) is 46.0 cm³/mol. The maximum absolute atomic E-state index is 10.8. The Bertz CT molecular complexity index is 222. The zero-order chi connectivity index (χ0) is 10.3. The highest BCUT2D eigenvalue weighted by atomic mass is 16.5. The van der Waals surface area contributed by atoms with Gasteiger partial charge < -0.3 is 15.2 Å². The van der Waals surface area contributed by atoms with Gasteiger partial charge in [-0.3, -0.25) is 4.79 Å². The van der Waals surface area contributed by atoms with Crippen molar-refractivity contribution >= 4 is 11.9 Å². The van der Waals surface area contributed by atoms with Gasteiger partial charge in [0.15, 0.2) is 0 Å². The molecule has 0 unspecified atom stereocenters. The monoisotopic (exact) mass is 187 g/mol. The Kier molecular flexibility index (Phi) is 5.34. The second-order valence-electron chi connectivity index (χ2n) is 2.33. The number of carboxylic acids is 1. The first kappa shape index (κ1) is 11.5. The van der Waals surface area contributed by atoms with Crippen LogP contribution in [0.5, 0.6) is 0 Å². The molecule has 13 heavy (non-hydrogen) atoms. The van der Waals surface area contributed by atoms with E-state index in [2.05, 4.69) is 10.1 Å². The fourth-order valence-electron chi connectivity index (χ4n) is 0.627. The van der Waals surface area contributed by atoms with E-state index in [1.54, 1.807) is 13.8 Å². The fourth-order valence-corrected chi connectivity index (χ4v) is 0.627. The molecular formula is C8H13NO4. The first-order valence-electron chi connectivity index (χ1n) is 3.87. The van der Waals surface area contributed by atoms with Crippen molar-refractivity contribution in [2.75, 3.05) is 13.2 Å².